The van der Waals surface area contributed by atoms with Crippen LogP contribution in [-0.2, 0) is 6.42 Å². The number of nitrogens with one attached hydrogen (secondary N) is 1. The minimum absolute atomic E-state index is 0.0185. The number of nitrogens with zero attached hydrogens (tertiary/aromatic N) is 2. The Kier molecular flexibility index (Phi) is 3.56. The molecular weight excluding hydrogens is 264 g/mol. The van der Waals surface area contributed by atoms with Gasteiger partial charge in [-0.2, -0.15) is 0 Å². The van der Waals surface area contributed by atoms with Gasteiger partial charge in [-0.15, -0.1) is 0 Å². The Bertz CT molecular complexity index is 666. The van der Waals surface area contributed by atoms with Crippen molar-refractivity contribution in [3.8, 4) is 0 Å². The predicted octanol–water partition coefficient (Wildman–Crippen LogP) is 2.17. The number of hydrogen-bond donors (Lipinski definition) is 2. The zero-order valence-corrected chi connectivity index (χ0v) is 12.0. The van der Waals surface area contributed by atoms with E-state index < -0.39 is 0 Å². The van der Waals surface area contributed by atoms with Crippen molar-refractivity contribution in [2.45, 2.75) is 32.2 Å². The first-order valence-electron chi connectivity index (χ1n) is 7.11. The summed E-state index contributed by atoms with van der Waals surface area (Å²) in [5.74, 6) is -0.183. The lowest BCUT2D eigenvalue weighted by molar-refractivity contribution is 0.0927. The second kappa shape index (κ2) is 5.52. The molecule has 1 aromatic heterocycles. The summed E-state index contributed by atoms with van der Waals surface area (Å²) in [5.41, 5.74) is 10.1. The van der Waals surface area contributed by atoms with Crippen molar-refractivity contribution in [1.29, 1.82) is 0 Å². The fraction of sp³-hybridized carbons (Fsp3) is 0.312. The first-order chi connectivity index (χ1) is 10.1. The maximum absolute atomic E-state index is 12.3. The van der Waals surface area contributed by atoms with E-state index in [1.807, 2.05) is 25.1 Å². The van der Waals surface area contributed by atoms with Crippen molar-refractivity contribution in [1.82, 2.24) is 15.3 Å². The van der Waals surface area contributed by atoms with E-state index in [1.165, 1.54) is 11.8 Å². The smallest absolute Gasteiger partial charge is 0.271 e. The van der Waals surface area contributed by atoms with Gasteiger partial charge in [0, 0.05) is 11.9 Å². The molecule has 0 fully saturated rings. The molecule has 5 heteroatoms. The number of aryl methyl sites for hydroxylation is 2. The highest BCUT2D eigenvalue weighted by molar-refractivity contribution is 5.92. The number of nitrogens with two attached hydrogens (primary N) is 1. The highest BCUT2D eigenvalue weighted by Gasteiger charge is 2.22. The Hall–Kier alpha value is -2.43. The van der Waals surface area contributed by atoms with E-state index in [9.17, 15) is 4.79 Å². The van der Waals surface area contributed by atoms with Gasteiger partial charge in [-0.05, 0) is 49.4 Å². The van der Waals surface area contributed by atoms with Gasteiger partial charge >= 0.3 is 0 Å². The highest BCUT2D eigenvalue weighted by atomic mass is 16.1. The summed E-state index contributed by atoms with van der Waals surface area (Å²) < 4.78 is 0. The third-order valence-corrected chi connectivity index (χ3v) is 3.80. The number of nitrogen functional groups attached to an aromatic ring is 1. The molecule has 1 aliphatic carbocycles. The molecule has 108 valence electrons. The summed E-state index contributed by atoms with van der Waals surface area (Å²) >= 11 is 0. The molecule has 1 aromatic carbocycles. The number of hydrogen-bond acceptors (Lipinski definition) is 4. The molecule has 21 heavy (non-hydrogen) atoms. The van der Waals surface area contributed by atoms with Crippen LogP contribution in [0.1, 0.15) is 46.2 Å². The summed E-state index contributed by atoms with van der Waals surface area (Å²) in [6.07, 6.45) is 6.10. The lowest BCUT2D eigenvalue weighted by Gasteiger charge is -2.26. The molecule has 3 N–H and O–H groups in total. The van der Waals surface area contributed by atoms with Crippen LogP contribution >= 0.6 is 0 Å². The average Bonchev–Trinajstić information content (AvgIpc) is 2.47. The minimum Gasteiger partial charge on any atom is -0.399 e. The van der Waals surface area contributed by atoms with Crippen LogP contribution in [0.15, 0.2) is 30.6 Å². The lowest BCUT2D eigenvalue weighted by Crippen LogP contribution is -2.31. The number of amides is 1. The van der Waals surface area contributed by atoms with Crippen LogP contribution in [0.4, 0.5) is 5.69 Å². The van der Waals surface area contributed by atoms with Crippen LogP contribution in [0, 0.1) is 6.92 Å². The molecule has 3 rings (SSSR count). The van der Waals surface area contributed by atoms with Crippen LogP contribution in [-0.4, -0.2) is 15.9 Å². The summed E-state index contributed by atoms with van der Waals surface area (Å²) in [6, 6.07) is 5.91. The quantitative estimate of drug-likeness (QED) is 0.827. The van der Waals surface area contributed by atoms with Crippen LogP contribution in [0.2, 0.25) is 0 Å². The van der Waals surface area contributed by atoms with E-state index in [2.05, 4.69) is 15.3 Å². The van der Waals surface area contributed by atoms with E-state index in [4.69, 9.17) is 5.73 Å². The van der Waals surface area contributed by atoms with Crippen molar-refractivity contribution in [3.63, 3.8) is 0 Å². The predicted molar refractivity (Wildman–Crippen MR) is 80.8 cm³/mol. The second-order valence-electron chi connectivity index (χ2n) is 5.42. The molecule has 0 radical (unpaired) electrons. The molecule has 1 atom stereocenters. The molecule has 1 amide bonds. The topological polar surface area (TPSA) is 80.9 Å². The Labute approximate surface area is 123 Å². The van der Waals surface area contributed by atoms with Gasteiger partial charge in [0.15, 0.2) is 0 Å². The van der Waals surface area contributed by atoms with E-state index >= 15 is 0 Å². The minimum atomic E-state index is -0.183. The molecule has 0 aliphatic heterocycles. The van der Waals surface area contributed by atoms with E-state index in [1.54, 1.807) is 6.20 Å². The zero-order valence-electron chi connectivity index (χ0n) is 12.0. The molecule has 2 aromatic rings. The molecule has 1 aliphatic rings. The molecule has 0 bridgehead atoms. The third kappa shape index (κ3) is 2.86. The molecule has 1 unspecified atom stereocenters. The van der Waals surface area contributed by atoms with Crippen LogP contribution in [0.5, 0.6) is 0 Å². The SMILES string of the molecule is Cc1cnc(C(=O)NC2CCCc3cc(N)ccc32)cn1. The normalized spacial score (nSPS) is 17.1. The summed E-state index contributed by atoms with van der Waals surface area (Å²) in [7, 11) is 0. The molecule has 5 nitrogen and oxygen atoms in total. The third-order valence-electron chi connectivity index (χ3n) is 3.80. The summed E-state index contributed by atoms with van der Waals surface area (Å²) in [4.78, 5) is 20.5. The molecule has 0 saturated carbocycles. The molecular formula is C16H18N4O. The standard InChI is InChI=1S/C16H18N4O/c1-10-8-19-15(9-18-10)16(21)20-14-4-2-3-11-7-12(17)5-6-13(11)14/h5-9,14H,2-4,17H2,1H3,(H,20,21). The van der Waals surface area contributed by atoms with Gasteiger partial charge < -0.3 is 11.1 Å². The number of fused-ring (bicyclic) bond motifs is 1. The van der Waals surface area contributed by atoms with Crippen molar-refractivity contribution in [3.05, 3.63) is 53.1 Å². The van der Waals surface area contributed by atoms with Gasteiger partial charge in [0.05, 0.1) is 17.9 Å². The lowest BCUT2D eigenvalue weighted by atomic mass is 9.87. The number of rotatable bonds is 2. The first kappa shape index (κ1) is 13.5. The monoisotopic (exact) mass is 282 g/mol. The van der Waals surface area contributed by atoms with Gasteiger partial charge in [0.2, 0.25) is 0 Å². The number of carbonyl (C=O) groups excluding carboxylic acids is 1. The maximum Gasteiger partial charge on any atom is 0.271 e. The molecule has 0 saturated heterocycles. The van der Waals surface area contributed by atoms with Gasteiger partial charge in [0.1, 0.15) is 5.69 Å². The Morgan fingerprint density at radius 3 is 2.95 bits per heavy atom. The van der Waals surface area contributed by atoms with Crippen LogP contribution in [0.3, 0.4) is 0 Å². The van der Waals surface area contributed by atoms with Crippen molar-refractivity contribution in [2.24, 2.45) is 0 Å². The Morgan fingerprint density at radius 2 is 2.19 bits per heavy atom. The Morgan fingerprint density at radius 1 is 1.33 bits per heavy atom. The van der Waals surface area contributed by atoms with Gasteiger partial charge in [-0.3, -0.25) is 9.78 Å². The van der Waals surface area contributed by atoms with Gasteiger partial charge in [0.25, 0.3) is 5.91 Å². The average molecular weight is 282 g/mol. The summed E-state index contributed by atoms with van der Waals surface area (Å²) in [5, 5.41) is 3.05. The highest BCUT2D eigenvalue weighted by Crippen LogP contribution is 2.31. The number of anilines is 1. The number of aromatic nitrogens is 2. The van der Waals surface area contributed by atoms with E-state index in [0.29, 0.717) is 5.69 Å². The zero-order chi connectivity index (χ0) is 14.8. The Balaban J connectivity index is 1.80. The van der Waals surface area contributed by atoms with E-state index in [0.717, 1.165) is 36.2 Å². The molecule has 0 spiro atoms. The van der Waals surface area contributed by atoms with Crippen LogP contribution in [0.25, 0.3) is 0 Å². The van der Waals surface area contributed by atoms with E-state index in [-0.39, 0.29) is 11.9 Å². The van der Waals surface area contributed by atoms with Crippen LogP contribution < -0.4 is 11.1 Å². The van der Waals surface area contributed by atoms with Crippen molar-refractivity contribution < 1.29 is 4.79 Å². The first-order valence-corrected chi connectivity index (χ1v) is 7.11. The van der Waals surface area contributed by atoms with Crippen molar-refractivity contribution >= 4 is 11.6 Å². The largest absolute Gasteiger partial charge is 0.399 e. The second-order valence-corrected chi connectivity index (χ2v) is 5.42. The number of carbonyl (C=O) groups is 1. The maximum atomic E-state index is 12.3. The van der Waals surface area contributed by atoms with Gasteiger partial charge in [-0.1, -0.05) is 6.07 Å². The molecule has 1 heterocycles. The fourth-order valence-electron chi connectivity index (χ4n) is 2.73. The fourth-order valence-corrected chi connectivity index (χ4v) is 2.73. The van der Waals surface area contributed by atoms with Crippen molar-refractivity contribution in [2.75, 3.05) is 5.73 Å². The number of benzene rings is 1. The summed E-state index contributed by atoms with van der Waals surface area (Å²) in [6.45, 7) is 1.84. The van der Waals surface area contributed by atoms with Gasteiger partial charge in [-0.25, -0.2) is 4.98 Å².